The van der Waals surface area contributed by atoms with Gasteiger partial charge in [-0.25, -0.2) is 0 Å². The van der Waals surface area contributed by atoms with E-state index in [0.29, 0.717) is 19.5 Å². The van der Waals surface area contributed by atoms with Crippen molar-refractivity contribution in [3.8, 4) is 0 Å². The number of amides is 10. The third-order valence-corrected chi connectivity index (χ3v) is 11.0. The first-order valence-corrected chi connectivity index (χ1v) is 21.8. The largest absolute Gasteiger partial charge is 0.368 e. The molecule has 1 rings (SSSR count). The topological polar surface area (TPSA) is 369 Å². The second kappa shape index (κ2) is 22.7. The van der Waals surface area contributed by atoms with Crippen molar-refractivity contribution in [3.05, 3.63) is 0 Å². The Morgan fingerprint density at radius 3 is 1.11 bits per heavy atom. The van der Waals surface area contributed by atoms with Gasteiger partial charge in [-0.05, 0) is 148 Å². The van der Waals surface area contributed by atoms with Gasteiger partial charge in [-0.3, -0.25) is 47.9 Å². The number of nitrogens with two attached hydrogens (primary N) is 3. The first-order chi connectivity index (χ1) is 29.5. The van der Waals surface area contributed by atoms with Crippen molar-refractivity contribution in [1.82, 2.24) is 53.2 Å². The minimum absolute atomic E-state index is 0.0404. The molecule has 0 aliphatic carbocycles. The summed E-state index contributed by atoms with van der Waals surface area (Å²) in [6.45, 7) is 19.4. The molecule has 1 saturated heterocycles. The molecule has 10 amide bonds. The quantitative estimate of drug-likeness (QED) is 0.0449. The summed E-state index contributed by atoms with van der Waals surface area (Å²) in [4.78, 5) is 132. The molecule has 0 aromatic heterocycles. The monoisotopic (exact) mass is 924 g/mol. The summed E-state index contributed by atoms with van der Waals surface area (Å²) >= 11 is 0. The van der Waals surface area contributed by atoms with Crippen LogP contribution in [0.3, 0.4) is 0 Å². The van der Waals surface area contributed by atoms with Crippen LogP contribution in [0.15, 0.2) is 0 Å². The van der Waals surface area contributed by atoms with Crippen molar-refractivity contribution in [3.63, 3.8) is 0 Å². The Bertz CT molecular complexity index is 1800. The average Bonchev–Trinajstić information content (AvgIpc) is 3.16. The van der Waals surface area contributed by atoms with Gasteiger partial charge in [0.2, 0.25) is 59.1 Å². The number of hydrogen-bond donors (Lipinski definition) is 13. The summed E-state index contributed by atoms with van der Waals surface area (Å²) in [5.74, 6) is -7.12. The summed E-state index contributed by atoms with van der Waals surface area (Å²) in [5.41, 5.74) is 6.30. The second-order valence-electron chi connectivity index (χ2n) is 19.8. The normalized spacial score (nSPS) is 15.4. The van der Waals surface area contributed by atoms with Crippen LogP contribution >= 0.6 is 0 Å². The SMILES string of the molecule is CC(=O)NC(C)(C)C(=O)NC(C)(C)C(=O)NC(CCCN)C(=O)NC(C)(C)C(=O)NC(C)(C)C(=O)N[C@@H](CCCN)C(=O)NC(C)(C)C(=O)NC(C)(C)C(=O)NC1(C(N)=O)CCNCC1. The molecule has 0 aromatic carbocycles. The van der Waals surface area contributed by atoms with Crippen LogP contribution in [0.25, 0.3) is 0 Å². The minimum Gasteiger partial charge on any atom is -0.368 e. The number of piperidine rings is 1. The third-order valence-electron chi connectivity index (χ3n) is 11.0. The van der Waals surface area contributed by atoms with Crippen LogP contribution in [0.2, 0.25) is 0 Å². The van der Waals surface area contributed by atoms with Crippen LogP contribution in [0.4, 0.5) is 0 Å². The van der Waals surface area contributed by atoms with Gasteiger partial charge in [-0.1, -0.05) is 0 Å². The summed E-state index contributed by atoms with van der Waals surface area (Å²) < 4.78 is 0. The number of carbonyl (C=O) groups is 10. The molecule has 1 aliphatic heterocycles. The molecule has 1 unspecified atom stereocenters. The van der Waals surface area contributed by atoms with E-state index in [1.807, 2.05) is 0 Å². The van der Waals surface area contributed by atoms with E-state index in [2.05, 4.69) is 53.2 Å². The Labute approximate surface area is 382 Å². The van der Waals surface area contributed by atoms with Crippen LogP contribution in [0, 0.1) is 0 Å². The smallest absolute Gasteiger partial charge is 0.246 e. The predicted molar refractivity (Wildman–Crippen MR) is 242 cm³/mol. The zero-order valence-electron chi connectivity index (χ0n) is 40.5. The zero-order chi connectivity index (χ0) is 50.6. The predicted octanol–water partition coefficient (Wildman–Crippen LogP) is -3.45. The molecule has 23 heteroatoms. The fraction of sp³-hybridized carbons (Fsp3) is 0.762. The molecule has 0 radical (unpaired) electrons. The molecule has 1 heterocycles. The Balaban J connectivity index is 3.12. The van der Waals surface area contributed by atoms with Gasteiger partial charge in [0.25, 0.3) is 0 Å². The summed E-state index contributed by atoms with van der Waals surface area (Å²) in [7, 11) is 0. The number of carbonyl (C=O) groups excluding carboxylic acids is 10. The zero-order valence-corrected chi connectivity index (χ0v) is 40.5. The van der Waals surface area contributed by atoms with Gasteiger partial charge < -0.3 is 70.4 Å². The van der Waals surface area contributed by atoms with Crippen LogP contribution < -0.4 is 70.4 Å². The van der Waals surface area contributed by atoms with Crippen molar-refractivity contribution >= 4 is 59.1 Å². The summed E-state index contributed by atoms with van der Waals surface area (Å²) in [6, 6.07) is -2.45. The maximum Gasteiger partial charge on any atom is 0.246 e. The van der Waals surface area contributed by atoms with E-state index in [9.17, 15) is 47.9 Å². The first kappa shape index (κ1) is 57.6. The molecular weight excluding hydrogens is 847 g/mol. The Morgan fingerprint density at radius 1 is 0.492 bits per heavy atom. The molecule has 0 spiro atoms. The van der Waals surface area contributed by atoms with Gasteiger partial charge in [0, 0.05) is 6.92 Å². The molecule has 16 N–H and O–H groups in total. The molecular formula is C42H77N13O10. The lowest BCUT2D eigenvalue weighted by Gasteiger charge is -2.39. The van der Waals surface area contributed by atoms with Gasteiger partial charge in [0.1, 0.15) is 50.9 Å². The summed E-state index contributed by atoms with van der Waals surface area (Å²) in [5, 5.41) is 26.6. The lowest BCUT2D eigenvalue weighted by Crippen LogP contribution is -2.69. The maximum absolute atomic E-state index is 13.8. The Kier molecular flexibility index (Phi) is 20.1. The molecule has 0 aromatic rings. The second-order valence-corrected chi connectivity index (χ2v) is 19.8. The molecule has 1 fully saturated rings. The van der Waals surface area contributed by atoms with Crippen LogP contribution in [0.5, 0.6) is 0 Å². The minimum atomic E-state index is -1.69. The van der Waals surface area contributed by atoms with Gasteiger partial charge in [0.05, 0.1) is 0 Å². The van der Waals surface area contributed by atoms with Crippen molar-refractivity contribution in [1.29, 1.82) is 0 Å². The van der Waals surface area contributed by atoms with E-state index < -0.39 is 110 Å². The molecule has 2 atom stereocenters. The standard InChI is InChI=1S/C42H77N13O10/c1-24(56)49-38(6,7)32(62)52-36(2,3)30(60)47-25(16-14-20-43)27(57)50-39(8,9)33(63)53-37(4,5)31(61)48-26(17-15-21-44)28(58)51-40(10,11)34(64)54-41(12,13)35(65)55-42(29(45)59)18-22-46-23-19-42/h25-26,46H,14-23,43-44H2,1-13H3,(H2,45,59)(H,47,60)(H,48,61)(H,49,56)(H,50,57)(H,51,58)(H,52,62)(H,53,63)(H,54,64)(H,55,65)/t25?,26-/m0/s1. The Morgan fingerprint density at radius 2 is 0.800 bits per heavy atom. The van der Waals surface area contributed by atoms with Crippen LogP contribution in [0.1, 0.15) is 129 Å². The van der Waals surface area contributed by atoms with Crippen molar-refractivity contribution in [2.45, 2.75) is 179 Å². The fourth-order valence-corrected chi connectivity index (χ4v) is 6.41. The van der Waals surface area contributed by atoms with Gasteiger partial charge in [-0.2, -0.15) is 0 Å². The Hall–Kier alpha value is -5.42. The molecule has 0 bridgehead atoms. The van der Waals surface area contributed by atoms with Crippen molar-refractivity contribution < 1.29 is 47.9 Å². The highest BCUT2D eigenvalue weighted by atomic mass is 16.2. The fourth-order valence-electron chi connectivity index (χ4n) is 6.41. The van der Waals surface area contributed by atoms with Gasteiger partial charge in [-0.15, -0.1) is 0 Å². The molecule has 65 heavy (non-hydrogen) atoms. The van der Waals surface area contributed by atoms with Crippen molar-refractivity contribution in [2.24, 2.45) is 17.2 Å². The van der Waals surface area contributed by atoms with E-state index in [4.69, 9.17) is 17.2 Å². The van der Waals surface area contributed by atoms with Crippen LogP contribution in [-0.2, 0) is 47.9 Å². The average molecular weight is 924 g/mol. The highest BCUT2D eigenvalue weighted by molar-refractivity contribution is 6.02. The van der Waals surface area contributed by atoms with E-state index in [-0.39, 0.29) is 45.2 Å². The third kappa shape index (κ3) is 16.8. The molecule has 1 aliphatic rings. The molecule has 23 nitrogen and oxygen atoms in total. The number of hydrogen-bond acceptors (Lipinski definition) is 13. The number of primary amides is 1. The van der Waals surface area contributed by atoms with Gasteiger partial charge in [0.15, 0.2) is 0 Å². The van der Waals surface area contributed by atoms with E-state index in [1.54, 1.807) is 0 Å². The lowest BCUT2D eigenvalue weighted by molar-refractivity contribution is -0.141. The van der Waals surface area contributed by atoms with Crippen molar-refractivity contribution in [2.75, 3.05) is 26.2 Å². The lowest BCUT2D eigenvalue weighted by atomic mass is 9.86. The molecule has 370 valence electrons. The number of nitrogens with one attached hydrogen (secondary N) is 10. The first-order valence-electron chi connectivity index (χ1n) is 21.8. The highest BCUT2D eigenvalue weighted by Gasteiger charge is 2.45. The van der Waals surface area contributed by atoms with Gasteiger partial charge >= 0.3 is 0 Å². The van der Waals surface area contributed by atoms with E-state index in [0.717, 1.165) is 0 Å². The molecule has 0 saturated carbocycles. The van der Waals surface area contributed by atoms with E-state index in [1.165, 1.54) is 90.0 Å². The van der Waals surface area contributed by atoms with E-state index >= 15 is 0 Å². The summed E-state index contributed by atoms with van der Waals surface area (Å²) in [6.07, 6.45) is 1.20. The highest BCUT2D eigenvalue weighted by Crippen LogP contribution is 2.20. The maximum atomic E-state index is 13.8. The number of rotatable bonds is 24. The van der Waals surface area contributed by atoms with Crippen LogP contribution in [-0.4, -0.2) is 136 Å².